The molecule has 2 atom stereocenters. The molecule has 0 spiro atoms. The number of piperazine rings is 1. The molecule has 9 heteroatoms. The second-order valence-electron chi connectivity index (χ2n) is 8.01. The zero-order chi connectivity index (χ0) is 19.4. The summed E-state index contributed by atoms with van der Waals surface area (Å²) in [5.74, 6) is 1.32. The van der Waals surface area contributed by atoms with Crippen molar-refractivity contribution in [2.75, 3.05) is 39.3 Å². The van der Waals surface area contributed by atoms with Gasteiger partial charge in [-0.1, -0.05) is 13.8 Å². The molecule has 0 bridgehead atoms. The molecule has 3 heterocycles. The van der Waals surface area contributed by atoms with Gasteiger partial charge in [-0.3, -0.25) is 4.79 Å². The molecular formula is C19H33ClN6O2. The molecule has 0 aromatic carbocycles. The van der Waals surface area contributed by atoms with Gasteiger partial charge < -0.3 is 25.0 Å². The molecule has 2 aliphatic rings. The molecule has 3 amide bonds. The Hall–Kier alpha value is -1.80. The van der Waals surface area contributed by atoms with Gasteiger partial charge >= 0.3 is 6.03 Å². The molecule has 2 fully saturated rings. The number of carbonyl (C=O) groups excluding carboxylic acids is 2. The second-order valence-corrected chi connectivity index (χ2v) is 8.01. The number of rotatable bonds is 4. The fraction of sp³-hybridized carbons (Fsp3) is 0.737. The van der Waals surface area contributed by atoms with Gasteiger partial charge in [-0.15, -0.1) is 12.4 Å². The maximum Gasteiger partial charge on any atom is 0.317 e. The SMILES string of the molecule is CC(C)CNC(=O)N1CCCC(C(=O)N2CCNCC2c2nccn2C)C1.Cl. The smallest absolute Gasteiger partial charge is 0.317 e. The summed E-state index contributed by atoms with van der Waals surface area (Å²) in [4.78, 5) is 33.9. The first kappa shape index (κ1) is 22.5. The molecule has 0 saturated carbocycles. The molecule has 2 saturated heterocycles. The molecule has 3 rings (SSSR count). The summed E-state index contributed by atoms with van der Waals surface area (Å²) in [6, 6.07) is -0.112. The minimum absolute atomic E-state index is 0. The summed E-state index contributed by atoms with van der Waals surface area (Å²) in [5.41, 5.74) is 0. The number of aryl methyl sites for hydroxylation is 1. The maximum absolute atomic E-state index is 13.3. The minimum atomic E-state index is -0.135. The van der Waals surface area contributed by atoms with E-state index in [0.29, 0.717) is 32.1 Å². The molecule has 1 aromatic rings. The van der Waals surface area contributed by atoms with Crippen molar-refractivity contribution >= 4 is 24.3 Å². The average Bonchev–Trinajstić information content (AvgIpc) is 3.11. The standard InChI is InChI=1S/C19H32N6O2.ClH/c1-14(2)11-22-19(27)24-8-4-5-15(13-24)18(26)25-10-6-20-12-16(25)17-21-7-9-23(17)3;/h7,9,14-16,20H,4-6,8,10-13H2,1-3H3,(H,22,27);1H. The first-order chi connectivity index (χ1) is 13.0. The second kappa shape index (κ2) is 10.1. The Kier molecular flexibility index (Phi) is 8.12. The van der Waals surface area contributed by atoms with Crippen LogP contribution in [0.5, 0.6) is 0 Å². The number of nitrogens with one attached hydrogen (secondary N) is 2. The number of urea groups is 1. The van der Waals surface area contributed by atoms with Crippen LogP contribution in [0.3, 0.4) is 0 Å². The van der Waals surface area contributed by atoms with Crippen LogP contribution >= 0.6 is 12.4 Å². The van der Waals surface area contributed by atoms with E-state index in [1.165, 1.54) is 0 Å². The van der Waals surface area contributed by atoms with E-state index in [2.05, 4.69) is 29.5 Å². The van der Waals surface area contributed by atoms with Crippen LogP contribution in [0.4, 0.5) is 4.79 Å². The third-order valence-corrected chi connectivity index (χ3v) is 5.40. The Morgan fingerprint density at radius 3 is 2.82 bits per heavy atom. The molecule has 0 radical (unpaired) electrons. The fourth-order valence-corrected chi connectivity index (χ4v) is 3.90. The van der Waals surface area contributed by atoms with Crippen LogP contribution in [0.1, 0.15) is 38.6 Å². The Morgan fingerprint density at radius 1 is 1.36 bits per heavy atom. The van der Waals surface area contributed by atoms with Gasteiger partial charge in [0, 0.05) is 58.7 Å². The van der Waals surface area contributed by atoms with Crippen molar-refractivity contribution in [1.82, 2.24) is 30.0 Å². The fourth-order valence-electron chi connectivity index (χ4n) is 3.90. The number of piperidine rings is 1. The van der Waals surface area contributed by atoms with Crippen molar-refractivity contribution in [3.8, 4) is 0 Å². The summed E-state index contributed by atoms with van der Waals surface area (Å²) < 4.78 is 1.98. The highest BCUT2D eigenvalue weighted by Gasteiger charge is 2.36. The minimum Gasteiger partial charge on any atom is -0.338 e. The van der Waals surface area contributed by atoms with E-state index in [-0.39, 0.29) is 36.3 Å². The Balaban J connectivity index is 0.00000280. The third-order valence-electron chi connectivity index (χ3n) is 5.40. The van der Waals surface area contributed by atoms with Crippen LogP contribution in [-0.4, -0.2) is 70.6 Å². The summed E-state index contributed by atoms with van der Waals surface area (Å²) in [6.07, 6.45) is 5.39. The first-order valence-corrected chi connectivity index (χ1v) is 9.98. The molecule has 0 aliphatic carbocycles. The number of halogens is 1. The molecule has 8 nitrogen and oxygen atoms in total. The van der Waals surface area contributed by atoms with E-state index in [1.807, 2.05) is 22.7 Å². The number of nitrogens with zero attached hydrogens (tertiary/aromatic N) is 4. The predicted molar refractivity (Wildman–Crippen MR) is 110 cm³/mol. The van der Waals surface area contributed by atoms with Gasteiger partial charge in [0.15, 0.2) is 0 Å². The Labute approximate surface area is 173 Å². The number of amides is 3. The highest BCUT2D eigenvalue weighted by molar-refractivity contribution is 5.85. The van der Waals surface area contributed by atoms with Crippen LogP contribution in [-0.2, 0) is 11.8 Å². The van der Waals surface area contributed by atoms with Crippen molar-refractivity contribution in [3.05, 3.63) is 18.2 Å². The van der Waals surface area contributed by atoms with Gasteiger partial charge in [-0.25, -0.2) is 9.78 Å². The largest absolute Gasteiger partial charge is 0.338 e. The van der Waals surface area contributed by atoms with Crippen LogP contribution in [0.25, 0.3) is 0 Å². The lowest BCUT2D eigenvalue weighted by Gasteiger charge is -2.40. The van der Waals surface area contributed by atoms with Crippen molar-refractivity contribution < 1.29 is 9.59 Å². The molecule has 1 aromatic heterocycles. The van der Waals surface area contributed by atoms with Gasteiger partial charge in [-0.2, -0.15) is 0 Å². The normalized spacial score (nSPS) is 22.7. The van der Waals surface area contributed by atoms with Gasteiger partial charge in [0.2, 0.25) is 5.91 Å². The molecule has 28 heavy (non-hydrogen) atoms. The first-order valence-electron chi connectivity index (χ1n) is 9.98. The summed E-state index contributed by atoms with van der Waals surface area (Å²) in [5, 5.41) is 6.34. The monoisotopic (exact) mass is 412 g/mol. The molecule has 2 N–H and O–H groups in total. The number of carbonyl (C=O) groups is 2. The van der Waals surface area contributed by atoms with Crippen molar-refractivity contribution in [2.24, 2.45) is 18.9 Å². The number of hydrogen-bond acceptors (Lipinski definition) is 4. The molecule has 2 aliphatic heterocycles. The summed E-state index contributed by atoms with van der Waals surface area (Å²) in [7, 11) is 1.96. The van der Waals surface area contributed by atoms with Crippen molar-refractivity contribution in [3.63, 3.8) is 0 Å². The molecule has 158 valence electrons. The van der Waals surface area contributed by atoms with E-state index in [0.717, 1.165) is 31.8 Å². The van der Waals surface area contributed by atoms with Gasteiger partial charge in [0.1, 0.15) is 11.9 Å². The summed E-state index contributed by atoms with van der Waals surface area (Å²) in [6.45, 7) is 8.20. The zero-order valence-corrected chi connectivity index (χ0v) is 17.9. The Morgan fingerprint density at radius 2 is 2.14 bits per heavy atom. The van der Waals surface area contributed by atoms with Crippen molar-refractivity contribution in [1.29, 1.82) is 0 Å². The van der Waals surface area contributed by atoms with Gasteiger partial charge in [-0.05, 0) is 18.8 Å². The number of likely N-dealkylation sites (tertiary alicyclic amines) is 1. The number of hydrogen-bond donors (Lipinski definition) is 2. The van der Waals surface area contributed by atoms with Crippen LogP contribution in [0.2, 0.25) is 0 Å². The number of aromatic nitrogens is 2. The van der Waals surface area contributed by atoms with Crippen molar-refractivity contribution in [2.45, 2.75) is 32.7 Å². The van der Waals surface area contributed by atoms with E-state index in [9.17, 15) is 9.59 Å². The topological polar surface area (TPSA) is 82.5 Å². The average molecular weight is 413 g/mol. The third kappa shape index (κ3) is 5.17. The van der Waals surface area contributed by atoms with Crippen LogP contribution in [0, 0.1) is 11.8 Å². The van der Waals surface area contributed by atoms with E-state index >= 15 is 0 Å². The highest BCUT2D eigenvalue weighted by atomic mass is 35.5. The van der Waals surface area contributed by atoms with E-state index < -0.39 is 0 Å². The number of imidazole rings is 1. The van der Waals surface area contributed by atoms with Gasteiger partial charge in [0.25, 0.3) is 0 Å². The molecular weight excluding hydrogens is 380 g/mol. The lowest BCUT2D eigenvalue weighted by Crippen LogP contribution is -2.54. The van der Waals surface area contributed by atoms with E-state index in [1.54, 1.807) is 11.1 Å². The predicted octanol–water partition coefficient (Wildman–Crippen LogP) is 1.39. The molecule has 2 unspecified atom stereocenters. The van der Waals surface area contributed by atoms with E-state index in [4.69, 9.17) is 0 Å². The van der Waals surface area contributed by atoms with Crippen LogP contribution < -0.4 is 10.6 Å². The highest BCUT2D eigenvalue weighted by Crippen LogP contribution is 2.26. The lowest BCUT2D eigenvalue weighted by atomic mass is 9.95. The zero-order valence-electron chi connectivity index (χ0n) is 17.1. The quantitative estimate of drug-likeness (QED) is 0.782. The Bertz CT molecular complexity index is 665. The van der Waals surface area contributed by atoms with Crippen LogP contribution in [0.15, 0.2) is 12.4 Å². The lowest BCUT2D eigenvalue weighted by molar-refractivity contribution is -0.140. The maximum atomic E-state index is 13.3. The van der Waals surface area contributed by atoms with Gasteiger partial charge in [0.05, 0.1) is 5.92 Å². The summed E-state index contributed by atoms with van der Waals surface area (Å²) >= 11 is 0.